The molecule has 3 unspecified atom stereocenters. The van der Waals surface area contributed by atoms with Crippen LogP contribution in [0.3, 0.4) is 0 Å². The third kappa shape index (κ3) is 7.62. The molecule has 0 rings (SSSR count). The van der Waals surface area contributed by atoms with Crippen molar-refractivity contribution in [2.24, 2.45) is 0 Å². The lowest BCUT2D eigenvalue weighted by atomic mass is 10.3. The van der Waals surface area contributed by atoms with Crippen LogP contribution < -0.4 is 4.89 Å². The standard InChI is InChI=1S/C8H20O6P2S/c1-3-4-5-6-17(2)7-8(15(9,10)11)16(12,13)14/h8H,3-7H2,1-2H3,(H3-,9,10,11,12,13,14). The van der Waals surface area contributed by atoms with Gasteiger partial charge in [0, 0.05) is 0 Å². The first kappa shape index (κ1) is 17.6. The zero-order chi connectivity index (χ0) is 13.7. The molecule has 0 aromatic rings. The van der Waals surface area contributed by atoms with Gasteiger partial charge >= 0.3 is 7.60 Å². The van der Waals surface area contributed by atoms with E-state index < -0.39 is 31.5 Å². The van der Waals surface area contributed by atoms with Crippen LogP contribution in [0.2, 0.25) is 0 Å². The van der Waals surface area contributed by atoms with E-state index in [4.69, 9.17) is 14.7 Å². The number of unbranched alkanes of at least 4 members (excludes halogenated alkanes) is 2. The summed E-state index contributed by atoms with van der Waals surface area (Å²) in [6, 6.07) is 0. The Bertz CT molecular complexity index is 289. The van der Waals surface area contributed by atoms with Crippen LogP contribution in [0, 0.1) is 0 Å². The molecule has 3 N–H and O–H groups in total. The fourth-order valence-corrected chi connectivity index (χ4v) is 7.27. The summed E-state index contributed by atoms with van der Waals surface area (Å²) in [5, 5.41) is -1.95. The summed E-state index contributed by atoms with van der Waals surface area (Å²) in [4.78, 5) is 37.6. The molecule has 0 aromatic carbocycles. The highest BCUT2D eigenvalue weighted by Crippen LogP contribution is 2.57. The molecule has 0 saturated carbocycles. The lowest BCUT2D eigenvalue weighted by Crippen LogP contribution is -2.27. The molecule has 0 aliphatic carbocycles. The number of hydrogen-bond acceptors (Lipinski definition) is 3. The zero-order valence-electron chi connectivity index (χ0n) is 9.98. The van der Waals surface area contributed by atoms with Crippen LogP contribution in [0.5, 0.6) is 0 Å². The van der Waals surface area contributed by atoms with Crippen LogP contribution in [-0.4, -0.2) is 37.8 Å². The van der Waals surface area contributed by atoms with Gasteiger partial charge in [-0.05, 0) is 23.7 Å². The minimum absolute atomic E-state index is 0.175. The molecule has 9 heteroatoms. The second-order valence-corrected chi connectivity index (χ2v) is 10.3. The van der Waals surface area contributed by atoms with Crippen molar-refractivity contribution in [3.8, 4) is 0 Å². The van der Waals surface area contributed by atoms with Crippen molar-refractivity contribution in [1.29, 1.82) is 0 Å². The van der Waals surface area contributed by atoms with E-state index in [0.717, 1.165) is 25.0 Å². The third-order valence-electron chi connectivity index (χ3n) is 2.29. The quantitative estimate of drug-likeness (QED) is 0.341. The largest absolute Gasteiger partial charge is 0.778 e. The van der Waals surface area contributed by atoms with E-state index in [0.29, 0.717) is 0 Å². The van der Waals surface area contributed by atoms with Gasteiger partial charge in [0.05, 0.1) is 6.26 Å². The Labute approximate surface area is 104 Å². The van der Waals surface area contributed by atoms with Gasteiger partial charge in [0.2, 0.25) is 0 Å². The average molecular weight is 306 g/mol. The predicted octanol–water partition coefficient (Wildman–Crippen LogP) is 0.474. The van der Waals surface area contributed by atoms with Crippen molar-refractivity contribution in [2.75, 3.05) is 17.8 Å². The Kier molecular flexibility index (Phi) is 7.57. The molecule has 6 nitrogen and oxygen atoms in total. The Morgan fingerprint density at radius 3 is 2.12 bits per heavy atom. The minimum Gasteiger partial charge on any atom is -0.778 e. The van der Waals surface area contributed by atoms with E-state index >= 15 is 0 Å². The maximum absolute atomic E-state index is 11.0. The molecule has 0 bridgehead atoms. The first-order valence-electron chi connectivity index (χ1n) is 5.27. The Morgan fingerprint density at radius 2 is 1.76 bits per heavy atom. The van der Waals surface area contributed by atoms with Crippen molar-refractivity contribution < 1.29 is 28.7 Å². The molecule has 104 valence electrons. The van der Waals surface area contributed by atoms with E-state index in [1.54, 1.807) is 6.26 Å². The van der Waals surface area contributed by atoms with Crippen molar-refractivity contribution in [2.45, 2.75) is 31.6 Å². The molecular weight excluding hydrogens is 286 g/mol. The molecule has 0 heterocycles. The zero-order valence-corrected chi connectivity index (χ0v) is 12.6. The summed E-state index contributed by atoms with van der Waals surface area (Å²) in [5.74, 6) is 0.551. The second-order valence-electron chi connectivity index (χ2n) is 3.99. The fraction of sp³-hybridized carbons (Fsp3) is 1.00. The molecule has 0 spiro atoms. The summed E-state index contributed by atoms with van der Waals surface area (Å²) in [6.07, 6.45) is 4.69. The Balaban J connectivity index is 4.47. The molecular formula is C8H20O6P2S. The molecule has 0 aliphatic rings. The predicted molar refractivity (Wildman–Crippen MR) is 68.2 cm³/mol. The van der Waals surface area contributed by atoms with E-state index in [2.05, 4.69) is 0 Å². The average Bonchev–Trinajstić information content (AvgIpc) is 2.11. The Morgan fingerprint density at radius 1 is 1.24 bits per heavy atom. The first-order valence-corrected chi connectivity index (χ1v) is 10.6. The van der Waals surface area contributed by atoms with Gasteiger partial charge in [0.1, 0.15) is 11.5 Å². The van der Waals surface area contributed by atoms with Gasteiger partial charge in [-0.2, -0.15) is 0 Å². The van der Waals surface area contributed by atoms with Crippen LogP contribution in [-0.2, 0) is 20.0 Å². The van der Waals surface area contributed by atoms with Gasteiger partial charge in [0.15, 0.2) is 13.0 Å². The summed E-state index contributed by atoms with van der Waals surface area (Å²) >= 11 is 0. The number of hydrogen-bond donors (Lipinski definition) is 3. The number of rotatable bonds is 8. The molecule has 0 amide bonds. The summed E-state index contributed by atoms with van der Waals surface area (Å²) in [5.41, 5.74) is 0. The molecule has 0 aliphatic heterocycles. The monoisotopic (exact) mass is 306 g/mol. The van der Waals surface area contributed by atoms with Crippen LogP contribution >= 0.6 is 15.2 Å². The van der Waals surface area contributed by atoms with E-state index in [9.17, 15) is 14.0 Å². The maximum Gasteiger partial charge on any atom is 0.341 e. The summed E-state index contributed by atoms with van der Waals surface area (Å²) in [6.45, 7) is 2.03. The van der Waals surface area contributed by atoms with Gasteiger partial charge < -0.3 is 24.1 Å². The molecule has 17 heavy (non-hydrogen) atoms. The first-order chi connectivity index (χ1) is 7.59. The van der Waals surface area contributed by atoms with Crippen LogP contribution in [0.15, 0.2) is 0 Å². The van der Waals surface area contributed by atoms with E-state index in [1.807, 2.05) is 6.92 Å². The maximum atomic E-state index is 11.0. The molecule has 3 atom stereocenters. The summed E-state index contributed by atoms with van der Waals surface area (Å²) in [7, 11) is -10.2. The fourth-order valence-electron chi connectivity index (χ4n) is 1.32. The SMILES string of the molecule is CCCCC[S+](C)CC(P(=O)([O-])O)P(=O)(O)O. The highest BCUT2D eigenvalue weighted by atomic mass is 32.2. The molecule has 0 radical (unpaired) electrons. The van der Waals surface area contributed by atoms with Gasteiger partial charge in [-0.3, -0.25) is 4.57 Å². The minimum atomic E-state index is -5.00. The van der Waals surface area contributed by atoms with Crippen molar-refractivity contribution in [1.82, 2.24) is 0 Å². The normalized spacial score (nSPS) is 19.6. The van der Waals surface area contributed by atoms with Crippen molar-refractivity contribution in [3.63, 3.8) is 0 Å². The molecule has 0 saturated heterocycles. The van der Waals surface area contributed by atoms with Gasteiger partial charge in [-0.15, -0.1) is 0 Å². The lowest BCUT2D eigenvalue weighted by molar-refractivity contribution is -0.194. The smallest absolute Gasteiger partial charge is 0.341 e. The van der Waals surface area contributed by atoms with Gasteiger partial charge in [-0.1, -0.05) is 13.3 Å². The highest BCUT2D eigenvalue weighted by molar-refractivity contribution is 7.97. The summed E-state index contributed by atoms with van der Waals surface area (Å²) < 4.78 is 21.9. The van der Waals surface area contributed by atoms with E-state index in [-0.39, 0.29) is 5.75 Å². The lowest BCUT2D eigenvalue weighted by Gasteiger charge is -2.26. The topological polar surface area (TPSA) is 118 Å². The third-order valence-corrected chi connectivity index (χ3v) is 8.35. The Hall–Kier alpha value is 0.650. The van der Waals surface area contributed by atoms with Gasteiger partial charge in [-0.25, -0.2) is 0 Å². The van der Waals surface area contributed by atoms with Crippen LogP contribution in [0.4, 0.5) is 0 Å². The van der Waals surface area contributed by atoms with Crippen LogP contribution in [0.25, 0.3) is 0 Å². The van der Waals surface area contributed by atoms with Crippen LogP contribution in [0.1, 0.15) is 26.2 Å². The van der Waals surface area contributed by atoms with E-state index in [1.165, 1.54) is 0 Å². The second kappa shape index (κ2) is 7.29. The van der Waals surface area contributed by atoms with Gasteiger partial charge in [0.25, 0.3) is 0 Å². The van der Waals surface area contributed by atoms with Crippen molar-refractivity contribution in [3.05, 3.63) is 0 Å². The molecule has 0 fully saturated rings. The van der Waals surface area contributed by atoms with Crippen molar-refractivity contribution >= 4 is 26.1 Å². The highest BCUT2D eigenvalue weighted by Gasteiger charge is 2.41. The molecule has 0 aromatic heterocycles.